The molecule has 1 aliphatic heterocycles. The number of pyridine rings is 2. The predicted molar refractivity (Wildman–Crippen MR) is 151 cm³/mol. The van der Waals surface area contributed by atoms with E-state index in [1.807, 2.05) is 38.4 Å². The molecule has 1 saturated heterocycles. The molecule has 1 fully saturated rings. The number of piperidine rings is 1. The van der Waals surface area contributed by atoms with E-state index < -0.39 is 5.60 Å². The van der Waals surface area contributed by atoms with Gasteiger partial charge in [0, 0.05) is 42.2 Å². The number of benzene rings is 1. The van der Waals surface area contributed by atoms with Gasteiger partial charge in [0.25, 0.3) is 0 Å². The summed E-state index contributed by atoms with van der Waals surface area (Å²) in [5, 5.41) is 24.3. The highest BCUT2D eigenvalue weighted by Crippen LogP contribution is 2.31. The maximum Gasteiger partial charge on any atom is 0.128 e. The maximum atomic E-state index is 10.2. The Morgan fingerprint density at radius 1 is 1.08 bits per heavy atom. The lowest BCUT2D eigenvalue weighted by Crippen LogP contribution is -2.34. The Kier molecular flexibility index (Phi) is 7.18. The number of hydrogen-bond acceptors (Lipinski definition) is 5. The van der Waals surface area contributed by atoms with E-state index in [0.717, 1.165) is 65.9 Å². The van der Waals surface area contributed by atoms with Gasteiger partial charge in [0.05, 0.1) is 22.9 Å². The van der Waals surface area contributed by atoms with Gasteiger partial charge in [-0.15, -0.1) is 6.42 Å². The van der Waals surface area contributed by atoms with E-state index in [2.05, 4.69) is 52.3 Å². The van der Waals surface area contributed by atoms with Crippen molar-refractivity contribution < 1.29 is 5.11 Å². The zero-order chi connectivity index (χ0) is 26.7. The Labute approximate surface area is 224 Å². The Bertz CT molecular complexity index is 1490. The van der Waals surface area contributed by atoms with Crippen molar-refractivity contribution >= 4 is 11.3 Å². The van der Waals surface area contributed by atoms with Crippen molar-refractivity contribution in [1.82, 2.24) is 14.6 Å². The zero-order valence-corrected chi connectivity index (χ0v) is 22.1. The number of aromatic nitrogens is 3. The van der Waals surface area contributed by atoms with E-state index in [9.17, 15) is 10.4 Å². The highest BCUT2D eigenvalue weighted by molar-refractivity contribution is 5.84. The minimum Gasteiger partial charge on any atom is -0.390 e. The second kappa shape index (κ2) is 10.7. The predicted octanol–water partition coefficient (Wildman–Crippen LogP) is 5.41. The molecule has 0 bridgehead atoms. The summed E-state index contributed by atoms with van der Waals surface area (Å²) in [5.74, 6) is 4.32. The van der Waals surface area contributed by atoms with Crippen LogP contribution in [0.4, 0.5) is 5.82 Å². The number of aryl methyl sites for hydroxylation is 1. The van der Waals surface area contributed by atoms with Crippen LogP contribution in [0.25, 0.3) is 16.6 Å². The average molecular weight is 504 g/mol. The van der Waals surface area contributed by atoms with Gasteiger partial charge in [0.1, 0.15) is 11.9 Å². The quantitative estimate of drug-likeness (QED) is 0.341. The molecule has 1 N–H and O–H groups in total. The number of anilines is 1. The molecule has 0 unspecified atom stereocenters. The summed E-state index contributed by atoms with van der Waals surface area (Å²) in [6, 6.07) is 16.9. The van der Waals surface area contributed by atoms with Gasteiger partial charge in [-0.25, -0.2) is 9.50 Å². The van der Waals surface area contributed by atoms with Gasteiger partial charge >= 0.3 is 0 Å². The number of rotatable bonds is 7. The molecule has 4 heterocycles. The molecule has 0 spiro atoms. The fourth-order valence-corrected chi connectivity index (χ4v) is 5.23. The smallest absolute Gasteiger partial charge is 0.128 e. The molecule has 0 saturated carbocycles. The zero-order valence-electron chi connectivity index (χ0n) is 22.1. The summed E-state index contributed by atoms with van der Waals surface area (Å²) >= 11 is 0. The lowest BCUT2D eigenvalue weighted by atomic mass is 9.90. The molecule has 5 rings (SSSR count). The van der Waals surface area contributed by atoms with Crippen molar-refractivity contribution in [2.24, 2.45) is 5.92 Å². The van der Waals surface area contributed by atoms with Crippen molar-refractivity contribution in [2.45, 2.75) is 51.6 Å². The van der Waals surface area contributed by atoms with E-state index in [1.54, 1.807) is 10.7 Å². The molecule has 38 heavy (non-hydrogen) atoms. The summed E-state index contributed by atoms with van der Waals surface area (Å²) in [6.07, 6.45) is 15.6. The van der Waals surface area contributed by atoms with Gasteiger partial charge in [-0.3, -0.25) is 0 Å². The summed E-state index contributed by atoms with van der Waals surface area (Å²) in [7, 11) is 0. The standard InChI is InChI=1S/C32H33N5O/c1-4-23-5-7-24(8-6-23)17-25-12-15-36(16-13-25)30-10-9-27(20-34-30)29-18-26(11-14-32(2,3)38)22-37-31(29)28(19-33)21-35-37/h1,5-10,18,20-22,25,38H,11-17H2,2-3H3. The van der Waals surface area contributed by atoms with Gasteiger partial charge in [-0.05, 0) is 93.3 Å². The van der Waals surface area contributed by atoms with Crippen molar-refractivity contribution in [2.75, 3.05) is 18.0 Å². The summed E-state index contributed by atoms with van der Waals surface area (Å²) in [6.45, 7) is 5.60. The van der Waals surface area contributed by atoms with E-state index >= 15 is 0 Å². The van der Waals surface area contributed by atoms with Crippen LogP contribution in [-0.4, -0.2) is 38.4 Å². The first-order valence-electron chi connectivity index (χ1n) is 13.2. The van der Waals surface area contributed by atoms with Gasteiger partial charge in [0.15, 0.2) is 0 Å². The van der Waals surface area contributed by atoms with E-state index in [4.69, 9.17) is 11.4 Å². The third-order valence-corrected chi connectivity index (χ3v) is 7.46. The number of nitriles is 1. The highest BCUT2D eigenvalue weighted by Gasteiger charge is 2.21. The minimum absolute atomic E-state index is 0.536. The van der Waals surface area contributed by atoms with E-state index in [0.29, 0.717) is 24.3 Å². The first kappa shape index (κ1) is 25.5. The number of terminal acetylenes is 1. The summed E-state index contributed by atoms with van der Waals surface area (Å²) < 4.78 is 1.77. The molecule has 6 nitrogen and oxygen atoms in total. The summed E-state index contributed by atoms with van der Waals surface area (Å²) in [5.41, 5.74) is 5.78. The van der Waals surface area contributed by atoms with Crippen LogP contribution in [0.15, 0.2) is 61.1 Å². The molecule has 0 radical (unpaired) electrons. The van der Waals surface area contributed by atoms with Crippen LogP contribution in [0.2, 0.25) is 0 Å². The lowest BCUT2D eigenvalue weighted by Gasteiger charge is -2.33. The number of nitrogens with zero attached hydrogens (tertiary/aromatic N) is 5. The van der Waals surface area contributed by atoms with E-state index in [1.165, 1.54) is 5.56 Å². The lowest BCUT2D eigenvalue weighted by molar-refractivity contribution is 0.0714. The molecule has 4 aromatic rings. The second-order valence-corrected chi connectivity index (χ2v) is 10.9. The largest absolute Gasteiger partial charge is 0.390 e. The monoisotopic (exact) mass is 503 g/mol. The normalized spacial score (nSPS) is 14.4. The molecule has 6 heteroatoms. The van der Waals surface area contributed by atoms with Gasteiger partial charge < -0.3 is 10.0 Å². The molecule has 0 atom stereocenters. The van der Waals surface area contributed by atoms with Crippen LogP contribution in [0, 0.1) is 29.6 Å². The molecule has 192 valence electrons. The van der Waals surface area contributed by atoms with Crippen molar-refractivity contribution in [1.29, 1.82) is 5.26 Å². The Morgan fingerprint density at radius 3 is 2.47 bits per heavy atom. The van der Waals surface area contributed by atoms with Crippen molar-refractivity contribution in [3.8, 4) is 29.5 Å². The summed E-state index contributed by atoms with van der Waals surface area (Å²) in [4.78, 5) is 7.18. The molecule has 3 aromatic heterocycles. The molecule has 1 aromatic carbocycles. The van der Waals surface area contributed by atoms with Crippen LogP contribution >= 0.6 is 0 Å². The van der Waals surface area contributed by atoms with Crippen molar-refractivity contribution in [3.05, 3.63) is 83.3 Å². The highest BCUT2D eigenvalue weighted by atomic mass is 16.3. The fraction of sp³-hybridized carbons (Fsp3) is 0.344. The molecular formula is C32H33N5O. The topological polar surface area (TPSA) is 77.5 Å². The Balaban J connectivity index is 1.31. The second-order valence-electron chi connectivity index (χ2n) is 10.9. The van der Waals surface area contributed by atoms with Crippen LogP contribution in [-0.2, 0) is 12.8 Å². The third kappa shape index (κ3) is 5.72. The average Bonchev–Trinajstić information content (AvgIpc) is 3.35. The number of fused-ring (bicyclic) bond motifs is 1. The van der Waals surface area contributed by atoms with Crippen LogP contribution in [0.3, 0.4) is 0 Å². The third-order valence-electron chi connectivity index (χ3n) is 7.46. The maximum absolute atomic E-state index is 10.2. The van der Waals surface area contributed by atoms with Gasteiger partial charge in [-0.1, -0.05) is 18.1 Å². The van der Waals surface area contributed by atoms with Gasteiger partial charge in [-0.2, -0.15) is 10.4 Å². The molecule has 0 amide bonds. The van der Waals surface area contributed by atoms with Gasteiger partial charge in [0.2, 0.25) is 0 Å². The van der Waals surface area contributed by atoms with Crippen molar-refractivity contribution in [3.63, 3.8) is 0 Å². The minimum atomic E-state index is -0.750. The number of aliphatic hydroxyl groups is 1. The molecular weight excluding hydrogens is 470 g/mol. The van der Waals surface area contributed by atoms with E-state index in [-0.39, 0.29) is 0 Å². The Hall–Kier alpha value is -4.13. The SMILES string of the molecule is C#Cc1ccc(CC2CCN(c3ccc(-c4cc(CCC(C)(C)O)cn5ncc(C#N)c45)cn3)CC2)cc1. The number of hydrogen-bond donors (Lipinski definition) is 1. The molecule has 1 aliphatic rings. The first-order valence-corrected chi connectivity index (χ1v) is 13.2. The van der Waals surface area contributed by atoms with Crippen LogP contribution in [0.1, 0.15) is 55.4 Å². The first-order chi connectivity index (χ1) is 18.3. The fourth-order valence-electron chi connectivity index (χ4n) is 5.23. The van der Waals surface area contributed by atoms with Crippen LogP contribution in [0.5, 0.6) is 0 Å². The Morgan fingerprint density at radius 2 is 1.84 bits per heavy atom. The van der Waals surface area contributed by atoms with Crippen LogP contribution < -0.4 is 4.90 Å². The molecule has 0 aliphatic carbocycles.